The Kier molecular flexibility index (Phi) is 5.62. The van der Waals surface area contributed by atoms with Crippen LogP contribution in [0.1, 0.15) is 27.3 Å². The van der Waals surface area contributed by atoms with Crippen LogP contribution in [0.25, 0.3) is 5.69 Å². The Morgan fingerprint density at radius 3 is 2.33 bits per heavy atom. The summed E-state index contributed by atoms with van der Waals surface area (Å²) in [4.78, 5) is 12.4. The summed E-state index contributed by atoms with van der Waals surface area (Å²) in [5.74, 6) is 0.397. The minimum atomic E-state index is -0.364. The fraction of sp³-hybridized carbons (Fsp3) is 0.143. The number of nitrogens with zero attached hydrogens (tertiary/aromatic N) is 2. The summed E-state index contributed by atoms with van der Waals surface area (Å²) >= 11 is 6.34. The molecule has 138 valence electrons. The Hall–Kier alpha value is -3.05. The number of rotatable bonds is 5. The third kappa shape index (κ3) is 4.20. The van der Waals surface area contributed by atoms with E-state index in [0.29, 0.717) is 10.6 Å². The second-order valence-corrected chi connectivity index (χ2v) is 6.50. The molecule has 6 heteroatoms. The molecule has 0 spiro atoms. The Balaban J connectivity index is 1.72. The van der Waals surface area contributed by atoms with E-state index < -0.39 is 0 Å². The number of methoxy groups -OCH3 is 1. The van der Waals surface area contributed by atoms with Gasteiger partial charge in [-0.15, -0.1) is 0 Å². The average Bonchev–Trinajstić information content (AvgIpc) is 3.00. The Bertz CT molecular complexity index is 972. The number of hydrogen-bond donors (Lipinski definition) is 1. The van der Waals surface area contributed by atoms with Gasteiger partial charge in [-0.2, -0.15) is 5.10 Å². The first-order valence-electron chi connectivity index (χ1n) is 8.42. The minimum absolute atomic E-state index is 0.364. The van der Waals surface area contributed by atoms with Crippen LogP contribution in [0.2, 0.25) is 5.02 Å². The van der Waals surface area contributed by atoms with Crippen molar-refractivity contribution in [3.8, 4) is 11.4 Å². The second kappa shape index (κ2) is 8.10. The lowest BCUT2D eigenvalue weighted by atomic mass is 10.2. The minimum Gasteiger partial charge on any atom is -0.497 e. The average molecular weight is 382 g/mol. The highest BCUT2D eigenvalue weighted by atomic mass is 35.5. The molecule has 1 heterocycles. The molecular formula is C21H20ClN3O2. The SMILES string of the molecule is COc1ccc(/C=N\NC(=O)c2ccc(-n3c(C)ccc3C)cc2Cl)cc1. The fourth-order valence-electron chi connectivity index (χ4n) is 2.82. The number of carbonyl (C=O) groups is 1. The number of benzene rings is 2. The van der Waals surface area contributed by atoms with Crippen LogP contribution in [0.15, 0.2) is 59.7 Å². The van der Waals surface area contributed by atoms with Gasteiger partial charge in [0.25, 0.3) is 5.91 Å². The molecule has 0 fully saturated rings. The molecule has 3 rings (SSSR count). The molecule has 1 amide bonds. The van der Waals surface area contributed by atoms with Gasteiger partial charge in [-0.25, -0.2) is 5.43 Å². The van der Waals surface area contributed by atoms with Crippen LogP contribution >= 0.6 is 11.6 Å². The standard InChI is InChI=1S/C21H20ClN3O2/c1-14-4-5-15(2)25(14)17-8-11-19(20(22)12-17)21(26)24-23-13-16-6-9-18(27-3)10-7-16/h4-13H,1-3H3,(H,24,26)/b23-13-. The van der Waals surface area contributed by atoms with Crippen molar-refractivity contribution in [2.75, 3.05) is 7.11 Å². The number of hydrazone groups is 1. The van der Waals surface area contributed by atoms with Crippen molar-refractivity contribution in [1.29, 1.82) is 0 Å². The van der Waals surface area contributed by atoms with E-state index in [0.717, 1.165) is 28.4 Å². The van der Waals surface area contributed by atoms with Crippen LogP contribution in [-0.2, 0) is 0 Å². The van der Waals surface area contributed by atoms with E-state index in [2.05, 4.69) is 15.1 Å². The summed E-state index contributed by atoms with van der Waals surface area (Å²) in [6.07, 6.45) is 1.56. The van der Waals surface area contributed by atoms with Crippen LogP contribution in [0.5, 0.6) is 5.75 Å². The Labute approximate surface area is 163 Å². The molecule has 0 aliphatic heterocycles. The highest BCUT2D eigenvalue weighted by Crippen LogP contribution is 2.23. The van der Waals surface area contributed by atoms with Crippen molar-refractivity contribution in [3.05, 3.63) is 82.1 Å². The highest BCUT2D eigenvalue weighted by Gasteiger charge is 2.12. The number of halogens is 1. The molecule has 0 bridgehead atoms. The normalized spacial score (nSPS) is 11.0. The third-order valence-electron chi connectivity index (χ3n) is 4.22. The van der Waals surface area contributed by atoms with E-state index in [1.807, 2.05) is 56.3 Å². The van der Waals surface area contributed by atoms with Gasteiger partial charge in [-0.3, -0.25) is 4.79 Å². The predicted octanol–water partition coefficient (Wildman–Crippen LogP) is 4.52. The monoisotopic (exact) mass is 381 g/mol. The molecule has 5 nitrogen and oxygen atoms in total. The second-order valence-electron chi connectivity index (χ2n) is 6.09. The molecular weight excluding hydrogens is 362 g/mol. The van der Waals surface area contributed by atoms with Gasteiger partial charge in [0, 0.05) is 17.1 Å². The molecule has 0 aliphatic carbocycles. The zero-order chi connectivity index (χ0) is 19.4. The van der Waals surface area contributed by atoms with Crippen molar-refractivity contribution >= 4 is 23.7 Å². The summed E-state index contributed by atoms with van der Waals surface area (Å²) in [5, 5.41) is 4.36. The number of aryl methyl sites for hydroxylation is 2. The lowest BCUT2D eigenvalue weighted by Gasteiger charge is -2.11. The van der Waals surface area contributed by atoms with Crippen molar-refractivity contribution in [1.82, 2.24) is 9.99 Å². The van der Waals surface area contributed by atoms with Crippen LogP contribution < -0.4 is 10.2 Å². The third-order valence-corrected chi connectivity index (χ3v) is 4.53. The number of amides is 1. The number of nitrogens with one attached hydrogen (secondary N) is 1. The summed E-state index contributed by atoms with van der Waals surface area (Å²) in [6.45, 7) is 4.05. The molecule has 1 N–H and O–H groups in total. The number of carbonyl (C=O) groups excluding carboxylic acids is 1. The first-order chi connectivity index (χ1) is 13.0. The van der Waals surface area contributed by atoms with Crippen LogP contribution in [0, 0.1) is 13.8 Å². The molecule has 1 aromatic heterocycles. The highest BCUT2D eigenvalue weighted by molar-refractivity contribution is 6.34. The maximum absolute atomic E-state index is 12.4. The quantitative estimate of drug-likeness (QED) is 0.521. The molecule has 0 saturated carbocycles. The molecule has 27 heavy (non-hydrogen) atoms. The van der Waals surface area contributed by atoms with Crippen molar-refractivity contribution in [2.45, 2.75) is 13.8 Å². The van der Waals surface area contributed by atoms with Crippen LogP contribution in [-0.4, -0.2) is 23.8 Å². The van der Waals surface area contributed by atoms with E-state index in [9.17, 15) is 4.79 Å². The maximum atomic E-state index is 12.4. The van der Waals surface area contributed by atoms with Crippen molar-refractivity contribution < 1.29 is 9.53 Å². The van der Waals surface area contributed by atoms with Crippen LogP contribution in [0.4, 0.5) is 0 Å². The Morgan fingerprint density at radius 2 is 1.74 bits per heavy atom. The molecule has 0 aliphatic rings. The van der Waals surface area contributed by atoms with E-state index in [-0.39, 0.29) is 5.91 Å². The number of ether oxygens (including phenoxy) is 1. The molecule has 0 radical (unpaired) electrons. The first-order valence-corrected chi connectivity index (χ1v) is 8.79. The fourth-order valence-corrected chi connectivity index (χ4v) is 3.08. The van der Waals surface area contributed by atoms with Gasteiger partial charge in [-0.05, 0) is 74.0 Å². The van der Waals surface area contributed by atoms with Gasteiger partial charge in [0.2, 0.25) is 0 Å². The molecule has 0 atom stereocenters. The lowest BCUT2D eigenvalue weighted by molar-refractivity contribution is 0.0955. The van der Waals surface area contributed by atoms with Gasteiger partial charge >= 0.3 is 0 Å². The predicted molar refractivity (Wildman–Crippen MR) is 108 cm³/mol. The number of hydrogen-bond acceptors (Lipinski definition) is 3. The molecule has 3 aromatic rings. The van der Waals surface area contributed by atoms with Gasteiger partial charge in [0.1, 0.15) is 5.75 Å². The summed E-state index contributed by atoms with van der Waals surface area (Å²) < 4.78 is 7.18. The summed E-state index contributed by atoms with van der Waals surface area (Å²) in [5.41, 5.74) is 6.83. The maximum Gasteiger partial charge on any atom is 0.272 e. The van der Waals surface area contributed by atoms with E-state index in [1.165, 1.54) is 0 Å². The lowest BCUT2D eigenvalue weighted by Crippen LogP contribution is -2.18. The molecule has 0 saturated heterocycles. The molecule has 2 aromatic carbocycles. The van der Waals surface area contributed by atoms with E-state index >= 15 is 0 Å². The molecule has 0 unspecified atom stereocenters. The number of aromatic nitrogens is 1. The van der Waals surface area contributed by atoms with Crippen LogP contribution in [0.3, 0.4) is 0 Å². The zero-order valence-corrected chi connectivity index (χ0v) is 16.1. The van der Waals surface area contributed by atoms with Gasteiger partial charge < -0.3 is 9.30 Å². The van der Waals surface area contributed by atoms with Gasteiger partial charge in [0.15, 0.2) is 0 Å². The first kappa shape index (κ1) is 18.7. The summed E-state index contributed by atoms with van der Waals surface area (Å²) in [6, 6.07) is 16.8. The topological polar surface area (TPSA) is 55.6 Å². The summed E-state index contributed by atoms with van der Waals surface area (Å²) in [7, 11) is 1.61. The van der Waals surface area contributed by atoms with E-state index in [1.54, 1.807) is 25.5 Å². The largest absolute Gasteiger partial charge is 0.497 e. The smallest absolute Gasteiger partial charge is 0.272 e. The Morgan fingerprint density at radius 1 is 1.07 bits per heavy atom. The van der Waals surface area contributed by atoms with E-state index in [4.69, 9.17) is 16.3 Å². The van der Waals surface area contributed by atoms with Crippen molar-refractivity contribution in [3.63, 3.8) is 0 Å². The van der Waals surface area contributed by atoms with Crippen molar-refractivity contribution in [2.24, 2.45) is 5.10 Å². The van der Waals surface area contributed by atoms with Gasteiger partial charge in [0.05, 0.1) is 23.9 Å². The van der Waals surface area contributed by atoms with Gasteiger partial charge in [-0.1, -0.05) is 11.6 Å². The zero-order valence-electron chi connectivity index (χ0n) is 15.4.